The van der Waals surface area contributed by atoms with Crippen molar-refractivity contribution in [3.8, 4) is 17.2 Å². The Balaban J connectivity index is 1.34. The lowest BCUT2D eigenvalue weighted by Gasteiger charge is -2.06. The smallest absolute Gasteiger partial charge is 0.344 e. The van der Waals surface area contributed by atoms with Crippen LogP contribution in [-0.4, -0.2) is 24.9 Å². The minimum Gasteiger partial charge on any atom is -0.454 e. The molecule has 150 valence electrons. The second-order valence-electron chi connectivity index (χ2n) is 6.21. The van der Waals surface area contributed by atoms with Gasteiger partial charge in [0.2, 0.25) is 6.79 Å². The first kappa shape index (κ1) is 19.7. The van der Waals surface area contributed by atoms with Gasteiger partial charge in [0.05, 0.1) is 11.8 Å². The molecule has 8 heteroatoms. The summed E-state index contributed by atoms with van der Waals surface area (Å²) in [6, 6.07) is 18.7. The molecule has 0 atom stereocenters. The average molecular weight is 467 g/mol. The molecule has 0 aromatic heterocycles. The van der Waals surface area contributed by atoms with Crippen LogP contribution in [0.25, 0.3) is 0 Å². The molecule has 0 bridgehead atoms. The summed E-state index contributed by atoms with van der Waals surface area (Å²) in [5, 5.41) is 3.95. The molecule has 1 heterocycles. The molecular formula is C22H15BrN2O5. The number of fused-ring (bicyclic) bond motifs is 1. The van der Waals surface area contributed by atoms with Gasteiger partial charge in [0.15, 0.2) is 11.5 Å². The summed E-state index contributed by atoms with van der Waals surface area (Å²) < 4.78 is 16.5. The number of rotatable bonds is 5. The molecule has 0 unspecified atom stereocenters. The van der Waals surface area contributed by atoms with Crippen LogP contribution in [0.3, 0.4) is 0 Å². The van der Waals surface area contributed by atoms with E-state index in [9.17, 15) is 9.59 Å². The number of hydrogen-bond donors (Lipinski definition) is 1. The number of amides is 1. The number of hydrazone groups is 1. The molecule has 1 aliphatic heterocycles. The molecular weight excluding hydrogens is 452 g/mol. The van der Waals surface area contributed by atoms with Crippen LogP contribution < -0.4 is 19.6 Å². The summed E-state index contributed by atoms with van der Waals surface area (Å²) >= 11 is 3.33. The molecule has 0 aliphatic carbocycles. The molecule has 1 aliphatic rings. The first-order chi connectivity index (χ1) is 14.6. The van der Waals surface area contributed by atoms with Crippen LogP contribution in [-0.2, 0) is 0 Å². The van der Waals surface area contributed by atoms with Crippen LogP contribution in [0.2, 0.25) is 0 Å². The fraction of sp³-hybridized carbons (Fsp3) is 0.0455. The zero-order chi connectivity index (χ0) is 20.9. The number of ether oxygens (including phenoxy) is 3. The van der Waals surface area contributed by atoms with Gasteiger partial charge in [-0.05, 0) is 76.1 Å². The number of carbonyl (C=O) groups excluding carboxylic acids is 2. The number of nitrogens with one attached hydrogen (secondary N) is 1. The van der Waals surface area contributed by atoms with Gasteiger partial charge in [0.1, 0.15) is 5.75 Å². The molecule has 0 radical (unpaired) electrons. The summed E-state index contributed by atoms with van der Waals surface area (Å²) in [7, 11) is 0. The Bertz CT molecular complexity index is 1130. The molecule has 0 saturated carbocycles. The molecule has 0 saturated heterocycles. The fourth-order valence-electron chi connectivity index (χ4n) is 2.68. The highest BCUT2D eigenvalue weighted by atomic mass is 79.9. The minimum atomic E-state index is -0.458. The fourth-order valence-corrected chi connectivity index (χ4v) is 3.13. The number of esters is 1. The highest BCUT2D eigenvalue weighted by molar-refractivity contribution is 9.10. The van der Waals surface area contributed by atoms with E-state index in [1.807, 2.05) is 6.07 Å². The molecule has 0 spiro atoms. The van der Waals surface area contributed by atoms with Crippen LogP contribution >= 0.6 is 15.9 Å². The monoisotopic (exact) mass is 466 g/mol. The number of benzene rings is 3. The van der Waals surface area contributed by atoms with Crippen molar-refractivity contribution >= 4 is 34.0 Å². The van der Waals surface area contributed by atoms with Gasteiger partial charge in [-0.3, -0.25) is 4.79 Å². The Morgan fingerprint density at radius 1 is 1.00 bits per heavy atom. The van der Waals surface area contributed by atoms with Gasteiger partial charge in [-0.2, -0.15) is 5.10 Å². The molecule has 4 rings (SSSR count). The number of carbonyl (C=O) groups is 2. The quantitative estimate of drug-likeness (QED) is 0.264. The van der Waals surface area contributed by atoms with E-state index in [1.54, 1.807) is 60.7 Å². The Morgan fingerprint density at radius 2 is 1.77 bits per heavy atom. The van der Waals surface area contributed by atoms with Crippen molar-refractivity contribution in [3.05, 3.63) is 87.9 Å². The van der Waals surface area contributed by atoms with Crippen molar-refractivity contribution in [1.82, 2.24) is 5.43 Å². The van der Waals surface area contributed by atoms with Gasteiger partial charge in [-0.15, -0.1) is 0 Å². The highest BCUT2D eigenvalue weighted by Gasteiger charge is 2.16. The Kier molecular flexibility index (Phi) is 5.76. The van der Waals surface area contributed by atoms with Gasteiger partial charge in [0, 0.05) is 10.0 Å². The SMILES string of the molecule is O=C(N/N=C\c1ccc(OC(=O)c2ccccc2Br)cc1)c1ccc2c(c1)OCO2. The van der Waals surface area contributed by atoms with E-state index in [2.05, 4.69) is 26.5 Å². The lowest BCUT2D eigenvalue weighted by atomic mass is 10.2. The van der Waals surface area contributed by atoms with E-state index < -0.39 is 5.97 Å². The maximum Gasteiger partial charge on any atom is 0.344 e. The topological polar surface area (TPSA) is 86.2 Å². The molecule has 3 aromatic carbocycles. The third-order valence-electron chi connectivity index (χ3n) is 4.20. The van der Waals surface area contributed by atoms with E-state index >= 15 is 0 Å². The predicted octanol–water partition coefficient (Wildman–Crippen LogP) is 4.16. The molecule has 1 N–H and O–H groups in total. The Morgan fingerprint density at radius 3 is 2.57 bits per heavy atom. The third-order valence-corrected chi connectivity index (χ3v) is 4.89. The molecule has 7 nitrogen and oxygen atoms in total. The van der Waals surface area contributed by atoms with E-state index in [1.165, 1.54) is 6.21 Å². The second-order valence-corrected chi connectivity index (χ2v) is 7.06. The van der Waals surface area contributed by atoms with Crippen molar-refractivity contribution in [3.63, 3.8) is 0 Å². The highest BCUT2D eigenvalue weighted by Crippen LogP contribution is 2.32. The van der Waals surface area contributed by atoms with Crippen LogP contribution in [0.5, 0.6) is 17.2 Å². The van der Waals surface area contributed by atoms with Gasteiger partial charge >= 0.3 is 5.97 Å². The van der Waals surface area contributed by atoms with Crippen molar-refractivity contribution in [1.29, 1.82) is 0 Å². The number of halogens is 1. The van der Waals surface area contributed by atoms with Gasteiger partial charge in [0.25, 0.3) is 5.91 Å². The first-order valence-corrected chi connectivity index (χ1v) is 9.69. The Hall–Kier alpha value is -3.65. The van der Waals surface area contributed by atoms with Gasteiger partial charge in [-0.1, -0.05) is 12.1 Å². The summed E-state index contributed by atoms with van der Waals surface area (Å²) in [6.45, 7) is 0.145. The summed E-state index contributed by atoms with van der Waals surface area (Å²) in [6.07, 6.45) is 1.49. The van der Waals surface area contributed by atoms with E-state index in [-0.39, 0.29) is 12.7 Å². The summed E-state index contributed by atoms with van der Waals surface area (Å²) in [5.41, 5.74) is 4.03. The van der Waals surface area contributed by atoms with Crippen LogP contribution in [0.15, 0.2) is 76.3 Å². The standard InChI is InChI=1S/C22H15BrN2O5/c23-18-4-2-1-3-17(18)22(27)30-16-8-5-14(6-9-16)12-24-25-21(26)15-7-10-19-20(11-15)29-13-28-19/h1-12H,13H2,(H,25,26)/b24-12-. The average Bonchev–Trinajstić information content (AvgIpc) is 3.23. The van der Waals surface area contributed by atoms with E-state index in [0.717, 1.165) is 5.56 Å². The van der Waals surface area contributed by atoms with Crippen LogP contribution in [0, 0.1) is 0 Å². The first-order valence-electron chi connectivity index (χ1n) is 8.90. The van der Waals surface area contributed by atoms with E-state index in [0.29, 0.717) is 32.8 Å². The lowest BCUT2D eigenvalue weighted by molar-refractivity contribution is 0.0733. The normalized spacial score (nSPS) is 12.0. The van der Waals surface area contributed by atoms with Gasteiger partial charge < -0.3 is 14.2 Å². The van der Waals surface area contributed by atoms with Gasteiger partial charge in [-0.25, -0.2) is 10.2 Å². The summed E-state index contributed by atoms with van der Waals surface area (Å²) in [4.78, 5) is 24.4. The van der Waals surface area contributed by atoms with Crippen LogP contribution in [0.4, 0.5) is 0 Å². The van der Waals surface area contributed by atoms with Crippen LogP contribution in [0.1, 0.15) is 26.3 Å². The lowest BCUT2D eigenvalue weighted by Crippen LogP contribution is -2.17. The predicted molar refractivity (Wildman–Crippen MR) is 113 cm³/mol. The Labute approximate surface area is 180 Å². The number of nitrogens with zero attached hydrogens (tertiary/aromatic N) is 1. The number of hydrogen-bond acceptors (Lipinski definition) is 6. The van der Waals surface area contributed by atoms with E-state index in [4.69, 9.17) is 14.2 Å². The molecule has 3 aromatic rings. The second kappa shape index (κ2) is 8.79. The molecule has 1 amide bonds. The van der Waals surface area contributed by atoms with Crippen molar-refractivity contribution in [2.75, 3.05) is 6.79 Å². The maximum atomic E-state index is 12.2. The van der Waals surface area contributed by atoms with Crippen molar-refractivity contribution in [2.24, 2.45) is 5.10 Å². The maximum absolute atomic E-state index is 12.2. The third kappa shape index (κ3) is 4.49. The summed E-state index contributed by atoms with van der Waals surface area (Å²) in [5.74, 6) is 0.704. The molecule has 30 heavy (non-hydrogen) atoms. The van der Waals surface area contributed by atoms with Crippen molar-refractivity contribution in [2.45, 2.75) is 0 Å². The minimum absolute atomic E-state index is 0.145. The molecule has 0 fully saturated rings. The largest absolute Gasteiger partial charge is 0.454 e. The zero-order valence-corrected chi connectivity index (χ0v) is 17.1. The zero-order valence-electron chi connectivity index (χ0n) is 15.5. The van der Waals surface area contributed by atoms with Crippen molar-refractivity contribution < 1.29 is 23.8 Å².